The Morgan fingerprint density at radius 2 is 2.10 bits per heavy atom. The van der Waals surface area contributed by atoms with E-state index >= 15 is 0 Å². The van der Waals surface area contributed by atoms with Crippen LogP contribution in [0.25, 0.3) is 0 Å². The van der Waals surface area contributed by atoms with Gasteiger partial charge >= 0.3 is 0 Å². The number of hydrogen-bond acceptors (Lipinski definition) is 4. The minimum atomic E-state index is -0.239. The van der Waals surface area contributed by atoms with E-state index in [0.29, 0.717) is 17.7 Å². The molecule has 1 heterocycles. The molecule has 0 saturated heterocycles. The zero-order valence-electron chi connectivity index (χ0n) is 12.6. The van der Waals surface area contributed by atoms with E-state index in [9.17, 15) is 9.59 Å². The zero-order chi connectivity index (χ0) is 15.8. The van der Waals surface area contributed by atoms with E-state index in [1.165, 1.54) is 22.2 Å². The number of carbonyl (C=O) groups is 2. The standard InChI is InChI=1S/C15H20N4O2/c1-4-19(11-14(20)18(2)3)15(21)13-7-9-17-10-12(13)6-5-8-16/h7,9-10H,4,8,11,16H2,1-3H3. The Kier molecular flexibility index (Phi) is 6.37. The second-order valence-electron chi connectivity index (χ2n) is 4.53. The largest absolute Gasteiger partial charge is 0.347 e. The molecule has 1 aromatic rings. The number of aromatic nitrogens is 1. The van der Waals surface area contributed by atoms with Crippen molar-refractivity contribution in [3.05, 3.63) is 29.6 Å². The maximum absolute atomic E-state index is 12.5. The van der Waals surface area contributed by atoms with Gasteiger partial charge in [-0.05, 0) is 13.0 Å². The van der Waals surface area contributed by atoms with Gasteiger partial charge in [0, 0.05) is 33.0 Å². The molecule has 21 heavy (non-hydrogen) atoms. The highest BCUT2D eigenvalue weighted by Crippen LogP contribution is 2.10. The molecule has 6 heteroatoms. The number of amides is 2. The van der Waals surface area contributed by atoms with Gasteiger partial charge in [-0.15, -0.1) is 0 Å². The number of nitrogens with two attached hydrogens (primary N) is 1. The molecule has 2 amide bonds. The molecule has 0 aliphatic rings. The van der Waals surface area contributed by atoms with Crippen molar-refractivity contribution in [2.45, 2.75) is 6.92 Å². The Hall–Kier alpha value is -2.39. The molecule has 0 atom stereocenters. The number of rotatable bonds is 4. The van der Waals surface area contributed by atoms with E-state index in [-0.39, 0.29) is 24.9 Å². The van der Waals surface area contributed by atoms with Crippen LogP contribution in [0.15, 0.2) is 18.5 Å². The van der Waals surface area contributed by atoms with Crippen LogP contribution in [0.3, 0.4) is 0 Å². The molecule has 1 rings (SSSR count). The zero-order valence-corrected chi connectivity index (χ0v) is 12.6. The summed E-state index contributed by atoms with van der Waals surface area (Å²) < 4.78 is 0. The summed E-state index contributed by atoms with van der Waals surface area (Å²) in [6, 6.07) is 1.60. The topological polar surface area (TPSA) is 79.5 Å². The third-order valence-corrected chi connectivity index (χ3v) is 2.87. The Balaban J connectivity index is 3.03. The Morgan fingerprint density at radius 3 is 2.67 bits per heavy atom. The van der Waals surface area contributed by atoms with Gasteiger partial charge in [0.05, 0.1) is 24.2 Å². The van der Waals surface area contributed by atoms with Gasteiger partial charge in [-0.25, -0.2) is 0 Å². The predicted molar refractivity (Wildman–Crippen MR) is 80.4 cm³/mol. The molecule has 1 aromatic heterocycles. The fraction of sp³-hybridized carbons (Fsp3) is 0.400. The highest BCUT2D eigenvalue weighted by atomic mass is 16.2. The summed E-state index contributed by atoms with van der Waals surface area (Å²) in [6.07, 6.45) is 3.06. The van der Waals surface area contributed by atoms with Crippen molar-refractivity contribution in [2.24, 2.45) is 5.73 Å². The van der Waals surface area contributed by atoms with Gasteiger partial charge in [0.25, 0.3) is 5.91 Å². The van der Waals surface area contributed by atoms with Gasteiger partial charge in [0.2, 0.25) is 5.91 Å². The smallest absolute Gasteiger partial charge is 0.255 e. The van der Waals surface area contributed by atoms with Gasteiger partial charge in [-0.3, -0.25) is 14.6 Å². The first-order valence-corrected chi connectivity index (χ1v) is 6.63. The van der Waals surface area contributed by atoms with Crippen LogP contribution in [0.2, 0.25) is 0 Å². The molecular weight excluding hydrogens is 268 g/mol. The third-order valence-electron chi connectivity index (χ3n) is 2.87. The van der Waals surface area contributed by atoms with Gasteiger partial charge in [-0.1, -0.05) is 11.8 Å². The van der Waals surface area contributed by atoms with E-state index in [1.54, 1.807) is 20.2 Å². The van der Waals surface area contributed by atoms with Crippen molar-refractivity contribution in [3.63, 3.8) is 0 Å². The van der Waals surface area contributed by atoms with Crippen LogP contribution in [-0.4, -0.2) is 60.3 Å². The number of nitrogens with zero attached hydrogens (tertiary/aromatic N) is 3. The molecule has 0 aromatic carbocycles. The van der Waals surface area contributed by atoms with E-state index in [1.807, 2.05) is 6.92 Å². The minimum absolute atomic E-state index is 0.0361. The van der Waals surface area contributed by atoms with Gasteiger partial charge in [-0.2, -0.15) is 0 Å². The highest BCUT2D eigenvalue weighted by Gasteiger charge is 2.20. The molecule has 0 aliphatic carbocycles. The molecule has 0 spiro atoms. The normalized spacial score (nSPS) is 9.52. The van der Waals surface area contributed by atoms with Crippen LogP contribution in [0, 0.1) is 11.8 Å². The molecule has 112 valence electrons. The van der Waals surface area contributed by atoms with Crippen LogP contribution in [0.1, 0.15) is 22.8 Å². The highest BCUT2D eigenvalue weighted by molar-refractivity contribution is 5.98. The fourth-order valence-corrected chi connectivity index (χ4v) is 1.63. The lowest BCUT2D eigenvalue weighted by molar-refractivity contribution is -0.129. The second kappa shape index (κ2) is 8.02. The Bertz CT molecular complexity index is 573. The minimum Gasteiger partial charge on any atom is -0.347 e. The maximum atomic E-state index is 12.5. The summed E-state index contributed by atoms with van der Waals surface area (Å²) in [6.45, 7) is 2.51. The Labute approximate surface area is 124 Å². The lowest BCUT2D eigenvalue weighted by Crippen LogP contribution is -2.40. The molecule has 0 saturated carbocycles. The van der Waals surface area contributed by atoms with Crippen LogP contribution in [0.4, 0.5) is 0 Å². The summed E-state index contributed by atoms with van der Waals surface area (Å²) >= 11 is 0. The summed E-state index contributed by atoms with van der Waals surface area (Å²) in [5.74, 6) is 5.17. The van der Waals surface area contributed by atoms with E-state index in [0.717, 1.165) is 0 Å². The first kappa shape index (κ1) is 16.7. The number of pyridine rings is 1. The van der Waals surface area contributed by atoms with Crippen molar-refractivity contribution in [3.8, 4) is 11.8 Å². The molecular formula is C15H20N4O2. The predicted octanol–water partition coefficient (Wildman–Crippen LogP) is -0.0579. The monoisotopic (exact) mass is 288 g/mol. The summed E-state index contributed by atoms with van der Waals surface area (Å²) in [4.78, 5) is 31.2. The summed E-state index contributed by atoms with van der Waals surface area (Å²) in [5, 5.41) is 0. The first-order chi connectivity index (χ1) is 10.0. The lowest BCUT2D eigenvalue weighted by atomic mass is 10.1. The van der Waals surface area contributed by atoms with Crippen molar-refractivity contribution >= 4 is 11.8 Å². The van der Waals surface area contributed by atoms with Crippen molar-refractivity contribution in [1.29, 1.82) is 0 Å². The molecule has 0 bridgehead atoms. The van der Waals surface area contributed by atoms with Gasteiger partial charge < -0.3 is 15.5 Å². The van der Waals surface area contributed by atoms with Crippen LogP contribution < -0.4 is 5.73 Å². The fourth-order valence-electron chi connectivity index (χ4n) is 1.63. The molecule has 0 fully saturated rings. The van der Waals surface area contributed by atoms with Crippen molar-refractivity contribution in [2.75, 3.05) is 33.7 Å². The second-order valence-corrected chi connectivity index (χ2v) is 4.53. The molecule has 0 aliphatic heterocycles. The average molecular weight is 288 g/mol. The quantitative estimate of drug-likeness (QED) is 0.787. The van der Waals surface area contributed by atoms with Crippen LogP contribution in [-0.2, 0) is 4.79 Å². The molecule has 0 unspecified atom stereocenters. The summed E-state index contributed by atoms with van der Waals surface area (Å²) in [7, 11) is 3.32. The maximum Gasteiger partial charge on any atom is 0.255 e. The number of carbonyl (C=O) groups excluding carboxylic acids is 2. The van der Waals surface area contributed by atoms with Crippen LogP contribution >= 0.6 is 0 Å². The van der Waals surface area contributed by atoms with Gasteiger partial charge in [0.1, 0.15) is 0 Å². The number of hydrogen-bond donors (Lipinski definition) is 1. The third kappa shape index (κ3) is 4.58. The first-order valence-electron chi connectivity index (χ1n) is 6.63. The average Bonchev–Trinajstić information content (AvgIpc) is 2.49. The molecule has 6 nitrogen and oxygen atoms in total. The molecule has 2 N–H and O–H groups in total. The molecule has 0 radical (unpaired) electrons. The van der Waals surface area contributed by atoms with Crippen molar-refractivity contribution < 1.29 is 9.59 Å². The summed E-state index contributed by atoms with van der Waals surface area (Å²) in [5.41, 5.74) is 6.30. The van der Waals surface area contributed by atoms with E-state index in [4.69, 9.17) is 5.73 Å². The number of likely N-dealkylation sites (N-methyl/N-ethyl adjacent to an activating group) is 2. The van der Waals surface area contributed by atoms with E-state index < -0.39 is 0 Å². The SMILES string of the molecule is CCN(CC(=O)N(C)C)C(=O)c1ccncc1C#CCN. The lowest BCUT2D eigenvalue weighted by Gasteiger charge is -2.22. The van der Waals surface area contributed by atoms with Crippen molar-refractivity contribution in [1.82, 2.24) is 14.8 Å². The van der Waals surface area contributed by atoms with Gasteiger partial charge in [0.15, 0.2) is 0 Å². The van der Waals surface area contributed by atoms with E-state index in [2.05, 4.69) is 16.8 Å². The van der Waals surface area contributed by atoms with Crippen LogP contribution in [0.5, 0.6) is 0 Å². The Morgan fingerprint density at radius 1 is 1.38 bits per heavy atom.